The zero-order chi connectivity index (χ0) is 13.1. The van der Waals surface area contributed by atoms with Crippen LogP contribution >= 0.6 is 0 Å². The zero-order valence-corrected chi connectivity index (χ0v) is 11.4. The molecule has 4 heteroatoms. The summed E-state index contributed by atoms with van der Waals surface area (Å²) in [6.07, 6.45) is 1.01. The fourth-order valence-electron chi connectivity index (χ4n) is 2.11. The number of benzene rings is 1. The number of nitrogens with zero attached hydrogens (tertiary/aromatic N) is 2. The number of anilines is 1. The number of likely N-dealkylation sites (N-methyl/N-ethyl adjacent to an activating group) is 2. The van der Waals surface area contributed by atoms with Gasteiger partial charge in [-0.05, 0) is 44.3 Å². The molecule has 0 unspecified atom stereocenters. The van der Waals surface area contributed by atoms with Crippen LogP contribution in [0.3, 0.4) is 0 Å². The van der Waals surface area contributed by atoms with E-state index >= 15 is 0 Å². The molecule has 1 aliphatic rings. The molecule has 18 heavy (non-hydrogen) atoms. The van der Waals surface area contributed by atoms with Gasteiger partial charge in [-0.2, -0.15) is 0 Å². The van der Waals surface area contributed by atoms with Crippen molar-refractivity contribution in [3.8, 4) is 0 Å². The van der Waals surface area contributed by atoms with Gasteiger partial charge in [0.15, 0.2) is 0 Å². The largest absolute Gasteiger partial charge is 0.384 e. The number of nitrogens with one attached hydrogen (secondary N) is 1. The summed E-state index contributed by atoms with van der Waals surface area (Å²) in [5, 5.41) is 3.30. The second kappa shape index (κ2) is 5.40. The van der Waals surface area contributed by atoms with Crippen molar-refractivity contribution >= 4 is 11.6 Å². The van der Waals surface area contributed by atoms with Crippen LogP contribution < -0.4 is 5.32 Å². The molecule has 0 aromatic heterocycles. The van der Waals surface area contributed by atoms with Crippen molar-refractivity contribution in [1.82, 2.24) is 9.80 Å². The second-order valence-corrected chi connectivity index (χ2v) is 5.08. The summed E-state index contributed by atoms with van der Waals surface area (Å²) < 4.78 is 0. The van der Waals surface area contributed by atoms with E-state index in [1.807, 2.05) is 39.3 Å². The van der Waals surface area contributed by atoms with Crippen LogP contribution in [0.5, 0.6) is 0 Å². The van der Waals surface area contributed by atoms with Crippen molar-refractivity contribution in [2.45, 2.75) is 6.42 Å². The van der Waals surface area contributed by atoms with Crippen LogP contribution in [0.15, 0.2) is 18.2 Å². The van der Waals surface area contributed by atoms with E-state index in [0.29, 0.717) is 0 Å². The standard InChI is InChI=1S/C14H21N3O/c1-16(2)8-9-17(3)14(18)12-4-5-13-11(10-12)6-7-15-13/h4-5,10,15H,6-9H2,1-3H3. The first kappa shape index (κ1) is 12.9. The minimum atomic E-state index is 0.103. The normalized spacial score (nSPS) is 13.3. The van der Waals surface area contributed by atoms with Gasteiger partial charge in [-0.15, -0.1) is 0 Å². The molecule has 0 saturated heterocycles. The second-order valence-electron chi connectivity index (χ2n) is 5.08. The fourth-order valence-corrected chi connectivity index (χ4v) is 2.11. The zero-order valence-electron chi connectivity index (χ0n) is 11.4. The minimum absolute atomic E-state index is 0.103. The third kappa shape index (κ3) is 2.82. The van der Waals surface area contributed by atoms with E-state index in [0.717, 1.165) is 31.6 Å². The van der Waals surface area contributed by atoms with Crippen LogP contribution in [0.4, 0.5) is 5.69 Å². The lowest BCUT2D eigenvalue weighted by Gasteiger charge is -2.20. The first-order chi connectivity index (χ1) is 8.58. The summed E-state index contributed by atoms with van der Waals surface area (Å²) in [6.45, 7) is 2.61. The lowest BCUT2D eigenvalue weighted by Crippen LogP contribution is -2.33. The monoisotopic (exact) mass is 247 g/mol. The van der Waals surface area contributed by atoms with Crippen molar-refractivity contribution in [3.63, 3.8) is 0 Å². The molecule has 0 spiro atoms. The molecule has 0 fully saturated rings. The van der Waals surface area contributed by atoms with Gasteiger partial charge < -0.3 is 15.1 Å². The van der Waals surface area contributed by atoms with Gasteiger partial charge in [-0.3, -0.25) is 4.79 Å². The molecule has 0 aliphatic carbocycles. The molecule has 1 amide bonds. The van der Waals surface area contributed by atoms with Crippen LogP contribution in [-0.2, 0) is 6.42 Å². The molecule has 2 rings (SSSR count). The van der Waals surface area contributed by atoms with Crippen molar-refractivity contribution in [3.05, 3.63) is 29.3 Å². The molecule has 0 bridgehead atoms. The number of amides is 1. The van der Waals surface area contributed by atoms with E-state index in [1.165, 1.54) is 11.3 Å². The SMILES string of the molecule is CN(C)CCN(C)C(=O)c1ccc2c(c1)CCN2. The quantitative estimate of drug-likeness (QED) is 0.871. The highest BCUT2D eigenvalue weighted by molar-refractivity contribution is 5.94. The number of carbonyl (C=O) groups is 1. The topological polar surface area (TPSA) is 35.6 Å². The third-order valence-corrected chi connectivity index (χ3v) is 3.29. The number of hydrogen-bond donors (Lipinski definition) is 1. The molecule has 1 aromatic carbocycles. The van der Waals surface area contributed by atoms with E-state index < -0.39 is 0 Å². The average Bonchev–Trinajstić information content (AvgIpc) is 2.81. The smallest absolute Gasteiger partial charge is 0.253 e. The first-order valence-electron chi connectivity index (χ1n) is 6.35. The number of hydrogen-bond acceptors (Lipinski definition) is 3. The lowest BCUT2D eigenvalue weighted by atomic mass is 10.1. The van der Waals surface area contributed by atoms with Crippen LogP contribution in [-0.4, -0.2) is 56.5 Å². The lowest BCUT2D eigenvalue weighted by molar-refractivity contribution is 0.0786. The number of fused-ring (bicyclic) bond motifs is 1. The molecule has 1 heterocycles. The highest BCUT2D eigenvalue weighted by Crippen LogP contribution is 2.23. The highest BCUT2D eigenvalue weighted by Gasteiger charge is 2.16. The molecular weight excluding hydrogens is 226 g/mol. The van der Waals surface area contributed by atoms with Crippen LogP contribution in [0.1, 0.15) is 15.9 Å². The van der Waals surface area contributed by atoms with Crippen molar-refractivity contribution in [1.29, 1.82) is 0 Å². The molecule has 0 radical (unpaired) electrons. The summed E-state index contributed by atoms with van der Waals surface area (Å²) >= 11 is 0. The Morgan fingerprint density at radius 3 is 2.78 bits per heavy atom. The summed E-state index contributed by atoms with van der Waals surface area (Å²) in [5.41, 5.74) is 3.21. The van der Waals surface area contributed by atoms with E-state index in [-0.39, 0.29) is 5.91 Å². The van der Waals surface area contributed by atoms with Gasteiger partial charge in [0.05, 0.1) is 0 Å². The summed E-state index contributed by atoms with van der Waals surface area (Å²) in [7, 11) is 5.88. The molecule has 98 valence electrons. The van der Waals surface area contributed by atoms with Crippen LogP contribution in [0.25, 0.3) is 0 Å². The fraction of sp³-hybridized carbons (Fsp3) is 0.500. The average molecular weight is 247 g/mol. The van der Waals surface area contributed by atoms with E-state index in [4.69, 9.17) is 0 Å². The van der Waals surface area contributed by atoms with Crippen molar-refractivity contribution in [2.75, 3.05) is 46.1 Å². The first-order valence-corrected chi connectivity index (χ1v) is 6.35. The Labute approximate surface area is 109 Å². The van der Waals surface area contributed by atoms with Gasteiger partial charge in [0.25, 0.3) is 5.91 Å². The molecule has 1 aliphatic heterocycles. The molecule has 4 nitrogen and oxygen atoms in total. The van der Waals surface area contributed by atoms with Gasteiger partial charge in [-0.25, -0.2) is 0 Å². The van der Waals surface area contributed by atoms with E-state index in [9.17, 15) is 4.79 Å². The Morgan fingerprint density at radius 1 is 1.28 bits per heavy atom. The molecular formula is C14H21N3O. The van der Waals surface area contributed by atoms with E-state index in [2.05, 4.69) is 10.2 Å². The maximum atomic E-state index is 12.2. The molecule has 1 N–H and O–H groups in total. The third-order valence-electron chi connectivity index (χ3n) is 3.29. The Hall–Kier alpha value is -1.55. The van der Waals surface area contributed by atoms with Crippen molar-refractivity contribution < 1.29 is 4.79 Å². The molecule has 0 saturated carbocycles. The molecule has 0 atom stereocenters. The van der Waals surface area contributed by atoms with Gasteiger partial charge in [0, 0.05) is 37.9 Å². The van der Waals surface area contributed by atoms with E-state index in [1.54, 1.807) is 4.90 Å². The summed E-state index contributed by atoms with van der Waals surface area (Å²) in [4.78, 5) is 16.1. The Morgan fingerprint density at radius 2 is 2.06 bits per heavy atom. The van der Waals surface area contributed by atoms with Gasteiger partial charge >= 0.3 is 0 Å². The highest BCUT2D eigenvalue weighted by atomic mass is 16.2. The van der Waals surface area contributed by atoms with Gasteiger partial charge in [-0.1, -0.05) is 0 Å². The van der Waals surface area contributed by atoms with Gasteiger partial charge in [0.1, 0.15) is 0 Å². The number of carbonyl (C=O) groups excluding carboxylic acids is 1. The van der Waals surface area contributed by atoms with Crippen molar-refractivity contribution in [2.24, 2.45) is 0 Å². The summed E-state index contributed by atoms with van der Waals surface area (Å²) in [5.74, 6) is 0.103. The number of rotatable bonds is 4. The Balaban J connectivity index is 2.04. The predicted molar refractivity (Wildman–Crippen MR) is 74.2 cm³/mol. The van der Waals surface area contributed by atoms with Crippen LogP contribution in [0, 0.1) is 0 Å². The van der Waals surface area contributed by atoms with Gasteiger partial charge in [0.2, 0.25) is 0 Å². The Kier molecular flexibility index (Phi) is 3.87. The molecule has 1 aromatic rings. The van der Waals surface area contributed by atoms with Crippen LogP contribution in [0.2, 0.25) is 0 Å². The summed E-state index contributed by atoms with van der Waals surface area (Å²) in [6, 6.07) is 5.94. The maximum Gasteiger partial charge on any atom is 0.253 e. The maximum absolute atomic E-state index is 12.2. The predicted octanol–water partition coefficient (Wildman–Crippen LogP) is 1.29. The Bertz CT molecular complexity index is 443. The minimum Gasteiger partial charge on any atom is -0.384 e.